The minimum atomic E-state index is 0.421. The van der Waals surface area contributed by atoms with Crippen LogP contribution in [-0.2, 0) is 0 Å². The van der Waals surface area contributed by atoms with Crippen LogP contribution in [0.1, 0.15) is 0 Å². The fourth-order valence-corrected chi connectivity index (χ4v) is 1.21. The van der Waals surface area contributed by atoms with Crippen LogP contribution < -0.4 is 20.5 Å². The maximum atomic E-state index is 5.38. The zero-order valence-corrected chi connectivity index (χ0v) is 9.56. The van der Waals surface area contributed by atoms with E-state index in [1.54, 1.807) is 14.2 Å². The van der Waals surface area contributed by atoms with Gasteiger partial charge in [-0.2, -0.15) is 0 Å². The zero-order valence-electron chi connectivity index (χ0n) is 8.74. The zero-order chi connectivity index (χ0) is 11.3. The fourth-order valence-electron chi connectivity index (χ4n) is 1.14. The van der Waals surface area contributed by atoms with Crippen molar-refractivity contribution in [3.05, 3.63) is 18.2 Å². The predicted octanol–water partition coefficient (Wildman–Crippen LogP) is 1.40. The van der Waals surface area contributed by atoms with Gasteiger partial charge in [0.2, 0.25) is 0 Å². The van der Waals surface area contributed by atoms with E-state index in [4.69, 9.17) is 27.4 Å². The molecular formula is C10H14N2O2S. The minimum Gasteiger partial charge on any atom is -0.493 e. The Hall–Kier alpha value is -1.49. The number of nitrogens with one attached hydrogen (secondary N) is 1. The van der Waals surface area contributed by atoms with Crippen LogP contribution in [0.3, 0.4) is 0 Å². The van der Waals surface area contributed by atoms with Crippen molar-refractivity contribution in [2.45, 2.75) is 0 Å². The molecule has 0 heterocycles. The second-order valence-electron chi connectivity index (χ2n) is 2.89. The third-order valence-electron chi connectivity index (χ3n) is 1.85. The average molecular weight is 226 g/mol. The molecule has 82 valence electrons. The molecule has 0 saturated heterocycles. The lowest BCUT2D eigenvalue weighted by Gasteiger charge is -2.10. The van der Waals surface area contributed by atoms with Gasteiger partial charge in [0, 0.05) is 11.8 Å². The Balaban J connectivity index is 2.78. The number of methoxy groups -OCH3 is 2. The molecule has 1 rings (SSSR count). The maximum Gasteiger partial charge on any atom is 0.162 e. The summed E-state index contributed by atoms with van der Waals surface area (Å²) in [6.07, 6.45) is 0. The Morgan fingerprint density at radius 2 is 2.00 bits per heavy atom. The average Bonchev–Trinajstić information content (AvgIpc) is 2.25. The Labute approximate surface area is 94.4 Å². The molecule has 0 spiro atoms. The minimum absolute atomic E-state index is 0.421. The quantitative estimate of drug-likeness (QED) is 0.743. The van der Waals surface area contributed by atoms with Gasteiger partial charge in [-0.05, 0) is 12.1 Å². The second kappa shape index (κ2) is 5.41. The third kappa shape index (κ3) is 3.28. The van der Waals surface area contributed by atoms with Gasteiger partial charge in [-0.15, -0.1) is 0 Å². The Morgan fingerprint density at radius 1 is 1.33 bits per heavy atom. The molecule has 1 aromatic carbocycles. The van der Waals surface area contributed by atoms with Crippen molar-refractivity contribution >= 4 is 22.9 Å². The smallest absolute Gasteiger partial charge is 0.162 e. The maximum absolute atomic E-state index is 5.38. The Kier molecular flexibility index (Phi) is 4.17. The van der Waals surface area contributed by atoms with Gasteiger partial charge in [0.25, 0.3) is 0 Å². The van der Waals surface area contributed by atoms with Crippen molar-refractivity contribution in [1.29, 1.82) is 0 Å². The Bertz CT molecular complexity index is 355. The number of hydrogen-bond acceptors (Lipinski definition) is 4. The van der Waals surface area contributed by atoms with Gasteiger partial charge >= 0.3 is 0 Å². The van der Waals surface area contributed by atoms with Crippen molar-refractivity contribution in [2.24, 2.45) is 5.73 Å². The van der Waals surface area contributed by atoms with E-state index in [0.29, 0.717) is 23.0 Å². The molecule has 15 heavy (non-hydrogen) atoms. The highest BCUT2D eigenvalue weighted by Crippen LogP contribution is 2.29. The third-order valence-corrected chi connectivity index (χ3v) is 1.99. The molecule has 0 bridgehead atoms. The summed E-state index contributed by atoms with van der Waals surface area (Å²) in [4.78, 5) is 0.421. The summed E-state index contributed by atoms with van der Waals surface area (Å²) in [5.74, 6) is 1.36. The van der Waals surface area contributed by atoms with E-state index in [9.17, 15) is 0 Å². The molecule has 0 aliphatic heterocycles. The number of anilines is 1. The van der Waals surface area contributed by atoms with Gasteiger partial charge in [0.1, 0.15) is 0 Å². The fraction of sp³-hybridized carbons (Fsp3) is 0.300. The summed E-state index contributed by atoms with van der Waals surface area (Å²) >= 11 is 4.76. The first-order chi connectivity index (χ1) is 7.17. The Morgan fingerprint density at radius 3 is 2.53 bits per heavy atom. The van der Waals surface area contributed by atoms with E-state index in [-0.39, 0.29) is 0 Å². The van der Waals surface area contributed by atoms with Crippen LogP contribution in [0.2, 0.25) is 0 Å². The molecule has 0 radical (unpaired) electrons. The summed E-state index contributed by atoms with van der Waals surface area (Å²) in [7, 11) is 3.19. The SMILES string of the molecule is COc1ccc(NCC(N)=S)cc1OC. The van der Waals surface area contributed by atoms with E-state index in [1.807, 2.05) is 18.2 Å². The number of benzene rings is 1. The van der Waals surface area contributed by atoms with E-state index in [0.717, 1.165) is 5.69 Å². The van der Waals surface area contributed by atoms with Crippen LogP contribution in [0.5, 0.6) is 11.5 Å². The predicted molar refractivity (Wildman–Crippen MR) is 64.8 cm³/mol. The van der Waals surface area contributed by atoms with Crippen LogP contribution in [-0.4, -0.2) is 25.8 Å². The largest absolute Gasteiger partial charge is 0.493 e. The van der Waals surface area contributed by atoms with Gasteiger partial charge in [0.15, 0.2) is 11.5 Å². The van der Waals surface area contributed by atoms with Crippen molar-refractivity contribution in [2.75, 3.05) is 26.1 Å². The summed E-state index contributed by atoms with van der Waals surface area (Å²) < 4.78 is 10.3. The normalized spacial score (nSPS) is 9.47. The molecule has 3 N–H and O–H groups in total. The van der Waals surface area contributed by atoms with Gasteiger partial charge < -0.3 is 20.5 Å². The van der Waals surface area contributed by atoms with Crippen molar-refractivity contribution in [1.82, 2.24) is 0 Å². The molecule has 0 unspecified atom stereocenters. The summed E-state index contributed by atoms with van der Waals surface area (Å²) in [5.41, 5.74) is 6.27. The molecule has 0 aliphatic rings. The first-order valence-corrected chi connectivity index (χ1v) is 4.82. The first kappa shape index (κ1) is 11.6. The summed E-state index contributed by atoms with van der Waals surface area (Å²) in [6, 6.07) is 5.53. The first-order valence-electron chi connectivity index (χ1n) is 4.41. The lowest BCUT2D eigenvalue weighted by atomic mass is 10.2. The van der Waals surface area contributed by atoms with Crippen LogP contribution >= 0.6 is 12.2 Å². The number of ether oxygens (including phenoxy) is 2. The molecule has 0 atom stereocenters. The van der Waals surface area contributed by atoms with Crippen LogP contribution in [0.4, 0.5) is 5.69 Å². The molecule has 4 nitrogen and oxygen atoms in total. The van der Waals surface area contributed by atoms with Crippen molar-refractivity contribution in [3.63, 3.8) is 0 Å². The van der Waals surface area contributed by atoms with Crippen molar-refractivity contribution in [3.8, 4) is 11.5 Å². The number of nitrogens with two attached hydrogens (primary N) is 1. The highest BCUT2D eigenvalue weighted by Gasteiger charge is 2.03. The number of rotatable bonds is 5. The highest BCUT2D eigenvalue weighted by atomic mass is 32.1. The number of thiocarbonyl (C=S) groups is 1. The van der Waals surface area contributed by atoms with Crippen LogP contribution in [0, 0.1) is 0 Å². The van der Waals surface area contributed by atoms with Crippen molar-refractivity contribution < 1.29 is 9.47 Å². The van der Waals surface area contributed by atoms with Crippen LogP contribution in [0.25, 0.3) is 0 Å². The lowest BCUT2D eigenvalue weighted by molar-refractivity contribution is 0.355. The second-order valence-corrected chi connectivity index (χ2v) is 3.41. The van der Waals surface area contributed by atoms with Crippen LogP contribution in [0.15, 0.2) is 18.2 Å². The monoisotopic (exact) mass is 226 g/mol. The highest BCUT2D eigenvalue weighted by molar-refractivity contribution is 7.80. The topological polar surface area (TPSA) is 56.5 Å². The van der Waals surface area contributed by atoms with Gasteiger partial charge in [0.05, 0.1) is 25.8 Å². The molecule has 1 aromatic rings. The van der Waals surface area contributed by atoms with Gasteiger partial charge in [-0.25, -0.2) is 0 Å². The summed E-state index contributed by atoms with van der Waals surface area (Å²) in [5, 5.41) is 3.07. The van der Waals surface area contributed by atoms with Gasteiger partial charge in [-0.1, -0.05) is 12.2 Å². The van der Waals surface area contributed by atoms with E-state index < -0.39 is 0 Å². The van der Waals surface area contributed by atoms with E-state index in [1.165, 1.54) is 0 Å². The molecular weight excluding hydrogens is 212 g/mol. The standard InChI is InChI=1S/C10H14N2O2S/c1-13-8-4-3-7(5-9(8)14-2)12-6-10(11)15/h3-5,12H,6H2,1-2H3,(H2,11,15). The molecule has 0 fully saturated rings. The molecule has 0 amide bonds. The van der Waals surface area contributed by atoms with E-state index in [2.05, 4.69) is 5.32 Å². The van der Waals surface area contributed by atoms with E-state index >= 15 is 0 Å². The molecule has 5 heteroatoms. The molecule has 0 saturated carbocycles. The number of hydrogen-bond donors (Lipinski definition) is 2. The molecule has 0 aromatic heterocycles. The van der Waals surface area contributed by atoms with Gasteiger partial charge in [-0.3, -0.25) is 0 Å². The molecule has 0 aliphatic carbocycles. The summed E-state index contributed by atoms with van der Waals surface area (Å²) in [6.45, 7) is 0.463. The lowest BCUT2D eigenvalue weighted by Crippen LogP contribution is -2.19.